The molecule has 6 nitrogen and oxygen atoms in total. The molecule has 114 valence electrons. The molecule has 0 spiro atoms. The lowest BCUT2D eigenvalue weighted by molar-refractivity contribution is 0.556. The van der Waals surface area contributed by atoms with Gasteiger partial charge in [-0.15, -0.1) is 0 Å². The summed E-state index contributed by atoms with van der Waals surface area (Å²) >= 11 is 8.81. The van der Waals surface area contributed by atoms with Gasteiger partial charge in [-0.3, -0.25) is 4.68 Å². The number of hydrogen-bond donors (Lipinski definition) is 2. The third kappa shape index (κ3) is 3.20. The largest absolute Gasteiger partial charge is 0.395 e. The summed E-state index contributed by atoms with van der Waals surface area (Å²) in [6.45, 7) is -0.0359. The topological polar surface area (TPSA) is 90.0 Å². The highest BCUT2D eigenvalue weighted by Crippen LogP contribution is 2.34. The van der Waals surface area contributed by atoms with Gasteiger partial charge in [-0.25, -0.2) is 17.5 Å². The van der Waals surface area contributed by atoms with Gasteiger partial charge in [0.15, 0.2) is 5.82 Å². The summed E-state index contributed by atoms with van der Waals surface area (Å²) in [6.07, 6.45) is 1.53. The van der Waals surface area contributed by atoms with Crippen LogP contribution in [-0.4, -0.2) is 18.2 Å². The number of hydrogen-bond acceptors (Lipinski definition) is 4. The molecule has 0 saturated carbocycles. The van der Waals surface area contributed by atoms with Crippen LogP contribution in [0.15, 0.2) is 27.7 Å². The van der Waals surface area contributed by atoms with Crippen molar-refractivity contribution in [1.29, 1.82) is 0 Å². The first-order valence-electron chi connectivity index (χ1n) is 5.63. The lowest BCUT2D eigenvalue weighted by Crippen LogP contribution is -2.25. The molecule has 0 bridgehead atoms. The van der Waals surface area contributed by atoms with Gasteiger partial charge in [0.25, 0.3) is 0 Å². The van der Waals surface area contributed by atoms with E-state index < -0.39 is 20.7 Å². The number of anilines is 1. The summed E-state index contributed by atoms with van der Waals surface area (Å²) < 4.78 is 42.3. The average Bonchev–Trinajstić information content (AvgIpc) is 2.83. The minimum Gasteiger partial charge on any atom is -0.395 e. The lowest BCUT2D eigenvalue weighted by Gasteiger charge is -2.11. The fraction of sp³-hybridized carbons (Fsp3) is 0.182. The maximum absolute atomic E-state index is 14.0. The maximum Gasteiger partial charge on any atom is 0.243 e. The smallest absolute Gasteiger partial charge is 0.243 e. The first-order valence-corrected chi connectivity index (χ1v) is 8.29. The third-order valence-electron chi connectivity index (χ3n) is 2.81. The van der Waals surface area contributed by atoms with E-state index in [1.165, 1.54) is 10.9 Å². The number of nitrogens with one attached hydrogen (secondary N) is 1. The molecule has 2 aromatic rings. The van der Waals surface area contributed by atoms with Crippen LogP contribution < -0.4 is 10.5 Å². The Morgan fingerprint density at radius 1 is 1.57 bits per heavy atom. The monoisotopic (exact) mass is 396 g/mol. The molecule has 1 aromatic heterocycles. The van der Waals surface area contributed by atoms with Gasteiger partial charge >= 0.3 is 0 Å². The first kappa shape index (κ1) is 16.2. The summed E-state index contributed by atoms with van der Waals surface area (Å²) in [7, 11) is -2.43. The van der Waals surface area contributed by atoms with Gasteiger partial charge in [0.05, 0.1) is 27.4 Å². The molecule has 10 heteroatoms. The number of benzene rings is 1. The molecule has 1 aromatic carbocycles. The van der Waals surface area contributed by atoms with E-state index in [-0.39, 0.29) is 21.7 Å². The number of nitrogens with zero attached hydrogens (tertiary/aromatic N) is 2. The van der Waals surface area contributed by atoms with Crippen molar-refractivity contribution in [2.75, 3.05) is 5.73 Å². The predicted molar refractivity (Wildman–Crippen MR) is 80.8 cm³/mol. The second kappa shape index (κ2) is 5.91. The summed E-state index contributed by atoms with van der Waals surface area (Å²) in [5.74, 6) is -1.05. The number of halogens is 3. The molecule has 0 atom stereocenters. The van der Waals surface area contributed by atoms with Crippen LogP contribution in [0.2, 0.25) is 5.02 Å². The van der Waals surface area contributed by atoms with E-state index in [4.69, 9.17) is 17.3 Å². The highest BCUT2D eigenvalue weighted by Gasteiger charge is 2.24. The zero-order valence-corrected chi connectivity index (χ0v) is 13.9. The van der Waals surface area contributed by atoms with E-state index in [0.29, 0.717) is 5.69 Å². The Balaban J connectivity index is 2.34. The Morgan fingerprint density at radius 2 is 2.24 bits per heavy atom. The molecule has 0 saturated heterocycles. The van der Waals surface area contributed by atoms with Gasteiger partial charge in [0, 0.05) is 13.2 Å². The van der Waals surface area contributed by atoms with Crippen molar-refractivity contribution in [3.05, 3.63) is 39.3 Å². The predicted octanol–water partition coefficient (Wildman–Crippen LogP) is 2.04. The first-order chi connectivity index (χ1) is 9.74. The van der Waals surface area contributed by atoms with Crippen LogP contribution in [0.4, 0.5) is 10.1 Å². The minimum atomic E-state index is -4.10. The van der Waals surface area contributed by atoms with E-state index in [0.717, 1.165) is 6.07 Å². The standard InChI is InChI=1S/C11H11BrClFN4O2S/c1-18-6(2-3-16-18)5-17-21(19,20)8-4-7(13)9(12)11(15)10(8)14/h2-4,17H,5,15H2,1H3. The molecule has 2 rings (SSSR count). The number of aryl methyl sites for hydroxylation is 1. The van der Waals surface area contributed by atoms with Gasteiger partial charge < -0.3 is 5.73 Å². The second-order valence-corrected chi connectivity index (χ2v) is 7.10. The zero-order valence-electron chi connectivity index (χ0n) is 10.8. The lowest BCUT2D eigenvalue weighted by atomic mass is 10.3. The van der Waals surface area contributed by atoms with Crippen LogP contribution in [0.25, 0.3) is 0 Å². The summed E-state index contributed by atoms with van der Waals surface area (Å²) in [6, 6.07) is 2.64. The summed E-state index contributed by atoms with van der Waals surface area (Å²) in [4.78, 5) is -0.602. The molecular formula is C11H11BrClFN4O2S. The molecule has 0 aliphatic heterocycles. The zero-order chi connectivity index (χ0) is 15.8. The number of rotatable bonds is 4. The van der Waals surface area contributed by atoms with Gasteiger partial charge in [-0.2, -0.15) is 5.10 Å². The molecule has 0 amide bonds. The highest BCUT2D eigenvalue weighted by atomic mass is 79.9. The number of sulfonamides is 1. The molecular weight excluding hydrogens is 387 g/mol. The average molecular weight is 398 g/mol. The fourth-order valence-electron chi connectivity index (χ4n) is 1.62. The van der Waals surface area contributed by atoms with E-state index >= 15 is 0 Å². The molecule has 3 N–H and O–H groups in total. The molecule has 1 heterocycles. The van der Waals surface area contributed by atoms with Crippen LogP contribution in [0.1, 0.15) is 5.69 Å². The van der Waals surface area contributed by atoms with Gasteiger partial charge in [-0.05, 0) is 28.1 Å². The van der Waals surface area contributed by atoms with Crippen molar-refractivity contribution in [3.8, 4) is 0 Å². The second-order valence-electron chi connectivity index (χ2n) is 4.17. The molecule has 0 radical (unpaired) electrons. The summed E-state index contributed by atoms with van der Waals surface area (Å²) in [5, 5.41) is 3.92. The Hall–Kier alpha value is -1.16. The Bertz CT molecular complexity index is 794. The minimum absolute atomic E-state index is 0.00908. The van der Waals surface area contributed by atoms with E-state index in [9.17, 15) is 12.8 Å². The Morgan fingerprint density at radius 3 is 2.81 bits per heavy atom. The molecule has 0 aliphatic rings. The van der Waals surface area contributed by atoms with Crippen LogP contribution in [0, 0.1) is 5.82 Å². The number of nitrogen functional groups attached to an aromatic ring is 1. The van der Waals surface area contributed by atoms with Crippen molar-refractivity contribution in [2.45, 2.75) is 11.4 Å². The van der Waals surface area contributed by atoms with E-state index in [2.05, 4.69) is 25.8 Å². The van der Waals surface area contributed by atoms with Crippen molar-refractivity contribution >= 4 is 43.2 Å². The number of nitrogens with two attached hydrogens (primary N) is 1. The van der Waals surface area contributed by atoms with Gasteiger partial charge in [0.1, 0.15) is 4.90 Å². The van der Waals surface area contributed by atoms with E-state index in [1.54, 1.807) is 13.1 Å². The maximum atomic E-state index is 14.0. The van der Waals surface area contributed by atoms with Crippen molar-refractivity contribution in [1.82, 2.24) is 14.5 Å². The number of aromatic nitrogens is 2. The van der Waals surface area contributed by atoms with E-state index in [1.807, 2.05) is 0 Å². The molecule has 0 aliphatic carbocycles. The van der Waals surface area contributed by atoms with Crippen LogP contribution in [0.3, 0.4) is 0 Å². The van der Waals surface area contributed by atoms with Crippen molar-refractivity contribution in [3.63, 3.8) is 0 Å². The highest BCUT2D eigenvalue weighted by molar-refractivity contribution is 9.10. The van der Waals surface area contributed by atoms with Gasteiger partial charge in [-0.1, -0.05) is 11.6 Å². The van der Waals surface area contributed by atoms with Crippen LogP contribution in [-0.2, 0) is 23.6 Å². The van der Waals surface area contributed by atoms with Crippen molar-refractivity contribution < 1.29 is 12.8 Å². The Labute approximate surface area is 134 Å². The van der Waals surface area contributed by atoms with Gasteiger partial charge in [0.2, 0.25) is 10.0 Å². The quantitative estimate of drug-likeness (QED) is 0.610. The SMILES string of the molecule is Cn1nccc1CNS(=O)(=O)c1cc(Cl)c(Br)c(N)c1F. The molecule has 0 unspecified atom stereocenters. The van der Waals surface area contributed by atoms with Crippen LogP contribution >= 0.6 is 27.5 Å². The fourth-order valence-corrected chi connectivity index (χ4v) is 3.29. The van der Waals surface area contributed by atoms with Crippen molar-refractivity contribution in [2.24, 2.45) is 7.05 Å². The summed E-state index contributed by atoms with van der Waals surface area (Å²) in [5.41, 5.74) is 5.74. The molecule has 0 fully saturated rings. The van der Waals surface area contributed by atoms with Crippen LogP contribution in [0.5, 0.6) is 0 Å². The third-order valence-corrected chi connectivity index (χ3v) is 5.59. The normalized spacial score (nSPS) is 11.8. The Kier molecular flexibility index (Phi) is 4.57. The molecule has 21 heavy (non-hydrogen) atoms.